The molecule has 0 aromatic carbocycles. The third-order valence-electron chi connectivity index (χ3n) is 4.94. The first kappa shape index (κ1) is 17.7. The third kappa shape index (κ3) is 4.16. The number of pyridine rings is 1. The van der Waals surface area contributed by atoms with Crippen LogP contribution < -0.4 is 10.2 Å². The first-order valence-corrected chi connectivity index (χ1v) is 9.38. The summed E-state index contributed by atoms with van der Waals surface area (Å²) in [4.78, 5) is 20.7. The van der Waals surface area contributed by atoms with Crippen molar-refractivity contribution in [3.63, 3.8) is 0 Å². The van der Waals surface area contributed by atoms with Crippen LogP contribution in [0.3, 0.4) is 0 Å². The lowest BCUT2D eigenvalue weighted by Gasteiger charge is -2.36. The number of anilines is 3. The zero-order chi connectivity index (χ0) is 18.6. The molecule has 2 aromatic heterocycles. The second-order valence-corrected chi connectivity index (χ2v) is 6.93. The van der Waals surface area contributed by atoms with E-state index in [2.05, 4.69) is 25.4 Å². The van der Waals surface area contributed by atoms with E-state index in [9.17, 15) is 4.79 Å². The van der Waals surface area contributed by atoms with Crippen LogP contribution in [0, 0.1) is 6.92 Å². The molecular weight excluding hydrogens is 344 g/mol. The normalized spacial score (nSPS) is 20.0. The van der Waals surface area contributed by atoms with Crippen LogP contribution in [-0.2, 0) is 9.53 Å². The number of aromatic nitrogens is 3. The van der Waals surface area contributed by atoms with Crippen molar-refractivity contribution in [2.75, 3.05) is 43.0 Å². The molecule has 2 saturated heterocycles. The van der Waals surface area contributed by atoms with Gasteiger partial charge in [-0.05, 0) is 49.6 Å². The van der Waals surface area contributed by atoms with Crippen molar-refractivity contribution in [1.82, 2.24) is 20.1 Å². The Morgan fingerprint density at radius 1 is 1.15 bits per heavy atom. The lowest BCUT2D eigenvalue weighted by molar-refractivity contribution is -0.141. The number of amides is 1. The summed E-state index contributed by atoms with van der Waals surface area (Å²) in [5.41, 5.74) is 1.13. The molecule has 1 atom stereocenters. The van der Waals surface area contributed by atoms with E-state index in [1.165, 1.54) is 0 Å². The topological polar surface area (TPSA) is 83.5 Å². The van der Waals surface area contributed by atoms with Crippen LogP contribution in [0.5, 0.6) is 0 Å². The summed E-state index contributed by atoms with van der Waals surface area (Å²) in [7, 11) is 0. The van der Waals surface area contributed by atoms with Gasteiger partial charge in [-0.1, -0.05) is 0 Å². The molecule has 0 bridgehead atoms. The molecule has 8 nitrogen and oxygen atoms in total. The van der Waals surface area contributed by atoms with E-state index in [0.717, 1.165) is 43.1 Å². The zero-order valence-corrected chi connectivity index (χ0v) is 15.5. The highest BCUT2D eigenvalue weighted by Crippen LogP contribution is 2.19. The molecule has 2 aliphatic rings. The van der Waals surface area contributed by atoms with E-state index in [0.29, 0.717) is 25.5 Å². The van der Waals surface area contributed by atoms with Crippen molar-refractivity contribution in [2.45, 2.75) is 25.9 Å². The molecule has 2 fully saturated rings. The van der Waals surface area contributed by atoms with Gasteiger partial charge in [0, 0.05) is 39.0 Å². The summed E-state index contributed by atoms with van der Waals surface area (Å²) in [5.74, 6) is 2.35. The number of carbonyl (C=O) groups excluding carboxylic acids is 1. The molecule has 2 aliphatic heterocycles. The van der Waals surface area contributed by atoms with Crippen LogP contribution >= 0.6 is 0 Å². The molecule has 27 heavy (non-hydrogen) atoms. The smallest absolute Gasteiger partial charge is 0.251 e. The molecular formula is C19H24N6O2. The average Bonchev–Trinajstić information content (AvgIpc) is 3.23. The molecule has 2 aromatic rings. The van der Waals surface area contributed by atoms with Crippen LogP contribution in [0.15, 0.2) is 30.5 Å². The number of nitrogens with zero attached hydrogens (tertiary/aromatic N) is 5. The van der Waals surface area contributed by atoms with Crippen molar-refractivity contribution in [3.05, 3.63) is 36.0 Å². The maximum Gasteiger partial charge on any atom is 0.251 e. The van der Waals surface area contributed by atoms with Crippen LogP contribution in [0.25, 0.3) is 0 Å². The van der Waals surface area contributed by atoms with E-state index in [-0.39, 0.29) is 12.0 Å². The minimum Gasteiger partial charge on any atom is -0.368 e. The Morgan fingerprint density at radius 3 is 2.67 bits per heavy atom. The first-order chi connectivity index (χ1) is 13.2. The summed E-state index contributed by atoms with van der Waals surface area (Å²) >= 11 is 0. The van der Waals surface area contributed by atoms with Crippen LogP contribution in [0.1, 0.15) is 18.4 Å². The maximum absolute atomic E-state index is 12.4. The van der Waals surface area contributed by atoms with Gasteiger partial charge in [-0.25, -0.2) is 4.98 Å². The zero-order valence-electron chi connectivity index (χ0n) is 15.5. The van der Waals surface area contributed by atoms with Crippen molar-refractivity contribution < 1.29 is 9.53 Å². The van der Waals surface area contributed by atoms with Crippen LogP contribution in [0.2, 0.25) is 0 Å². The van der Waals surface area contributed by atoms with Gasteiger partial charge in [-0.2, -0.15) is 0 Å². The second-order valence-electron chi connectivity index (χ2n) is 6.93. The number of nitrogens with one attached hydrogen (secondary N) is 1. The minimum atomic E-state index is -0.239. The van der Waals surface area contributed by atoms with Crippen molar-refractivity contribution in [3.8, 4) is 0 Å². The minimum absolute atomic E-state index is 0.128. The maximum atomic E-state index is 12.4. The summed E-state index contributed by atoms with van der Waals surface area (Å²) in [6, 6.07) is 7.75. The van der Waals surface area contributed by atoms with Gasteiger partial charge in [0.15, 0.2) is 11.6 Å². The highest BCUT2D eigenvalue weighted by Gasteiger charge is 2.30. The third-order valence-corrected chi connectivity index (χ3v) is 4.94. The van der Waals surface area contributed by atoms with Gasteiger partial charge in [0.05, 0.1) is 0 Å². The molecule has 0 unspecified atom stereocenters. The quantitative estimate of drug-likeness (QED) is 0.880. The Bertz CT molecular complexity index is 783. The summed E-state index contributed by atoms with van der Waals surface area (Å²) < 4.78 is 5.51. The largest absolute Gasteiger partial charge is 0.368 e. The summed E-state index contributed by atoms with van der Waals surface area (Å²) in [6.07, 6.45) is 3.34. The Labute approximate surface area is 158 Å². The molecule has 4 rings (SSSR count). The lowest BCUT2D eigenvalue weighted by atomic mass is 10.2. The monoisotopic (exact) mass is 368 g/mol. The van der Waals surface area contributed by atoms with Gasteiger partial charge in [-0.15, -0.1) is 10.2 Å². The first-order valence-electron chi connectivity index (χ1n) is 9.38. The van der Waals surface area contributed by atoms with E-state index in [1.807, 2.05) is 36.1 Å². The van der Waals surface area contributed by atoms with Gasteiger partial charge >= 0.3 is 0 Å². The number of ether oxygens (including phenoxy) is 1. The SMILES string of the molecule is Cc1ccnc(Nc2ccc(N3CCN(C(=O)[C@H]4CCCO4)CC3)nn2)c1. The van der Waals surface area contributed by atoms with Crippen LogP contribution in [-0.4, -0.2) is 64.9 Å². The predicted molar refractivity (Wildman–Crippen MR) is 102 cm³/mol. The fourth-order valence-corrected chi connectivity index (χ4v) is 3.43. The Hall–Kier alpha value is -2.74. The fourth-order valence-electron chi connectivity index (χ4n) is 3.43. The molecule has 0 saturated carbocycles. The van der Waals surface area contributed by atoms with Crippen molar-refractivity contribution in [2.24, 2.45) is 0 Å². The molecule has 4 heterocycles. The Morgan fingerprint density at radius 2 is 2.00 bits per heavy atom. The van der Waals surface area contributed by atoms with Gasteiger partial charge in [0.25, 0.3) is 5.91 Å². The molecule has 142 valence electrons. The number of piperazine rings is 1. The number of carbonyl (C=O) groups is 1. The molecule has 0 radical (unpaired) electrons. The van der Waals surface area contributed by atoms with Crippen molar-refractivity contribution in [1.29, 1.82) is 0 Å². The molecule has 0 spiro atoms. The van der Waals surface area contributed by atoms with E-state index >= 15 is 0 Å². The molecule has 1 N–H and O–H groups in total. The van der Waals surface area contributed by atoms with Gasteiger partial charge in [0.1, 0.15) is 11.9 Å². The number of rotatable bonds is 4. The van der Waals surface area contributed by atoms with E-state index in [1.54, 1.807) is 6.20 Å². The number of hydrogen-bond acceptors (Lipinski definition) is 7. The van der Waals surface area contributed by atoms with Crippen LogP contribution in [0.4, 0.5) is 17.5 Å². The van der Waals surface area contributed by atoms with E-state index in [4.69, 9.17) is 4.74 Å². The number of hydrogen-bond donors (Lipinski definition) is 1. The van der Waals surface area contributed by atoms with Crippen molar-refractivity contribution >= 4 is 23.4 Å². The second kappa shape index (κ2) is 7.87. The number of aryl methyl sites for hydroxylation is 1. The van der Waals surface area contributed by atoms with E-state index < -0.39 is 0 Å². The van der Waals surface area contributed by atoms with Gasteiger partial charge in [-0.3, -0.25) is 4.79 Å². The van der Waals surface area contributed by atoms with Gasteiger partial charge in [0.2, 0.25) is 0 Å². The Balaban J connectivity index is 1.32. The molecule has 8 heteroatoms. The fraction of sp³-hybridized carbons (Fsp3) is 0.474. The average molecular weight is 368 g/mol. The lowest BCUT2D eigenvalue weighted by Crippen LogP contribution is -2.51. The van der Waals surface area contributed by atoms with Gasteiger partial charge < -0.3 is 19.9 Å². The predicted octanol–water partition coefficient (Wildman–Crippen LogP) is 1.75. The summed E-state index contributed by atoms with van der Waals surface area (Å²) in [5, 5.41) is 11.7. The summed E-state index contributed by atoms with van der Waals surface area (Å²) in [6.45, 7) is 5.59. The molecule has 1 amide bonds. The standard InChI is InChI=1S/C19H24N6O2/c1-14-6-7-20-17(13-14)21-16-4-5-18(23-22-16)24-8-10-25(11-9-24)19(26)15-3-2-12-27-15/h4-7,13,15H,2-3,8-12H2,1H3,(H,20,21,22)/t15-/m1/s1. The Kier molecular flexibility index (Phi) is 5.15. The molecule has 0 aliphatic carbocycles. The highest BCUT2D eigenvalue weighted by atomic mass is 16.5. The highest BCUT2D eigenvalue weighted by molar-refractivity contribution is 5.81.